The Hall–Kier alpha value is -2.35. The number of nitrogens with one attached hydrogen (secondary N) is 1. The Kier molecular flexibility index (Phi) is 4.06. The molecule has 1 saturated heterocycles. The highest BCUT2D eigenvalue weighted by Gasteiger charge is 2.36. The Morgan fingerprint density at radius 2 is 2.00 bits per heavy atom. The first-order valence-corrected chi connectivity index (χ1v) is 9.31. The molecule has 0 bridgehead atoms. The number of aromatic amines is 1. The molecule has 1 saturated carbocycles. The molecule has 8 heteroatoms. The van der Waals surface area contributed by atoms with Crippen LogP contribution >= 0.6 is 0 Å². The molecule has 1 aliphatic heterocycles. The molecule has 2 aromatic rings. The number of rotatable bonds is 4. The van der Waals surface area contributed by atoms with Gasteiger partial charge in [-0.25, -0.2) is 9.18 Å². The van der Waals surface area contributed by atoms with Crippen LogP contribution in [-0.2, 0) is 0 Å². The van der Waals surface area contributed by atoms with E-state index in [9.17, 15) is 9.59 Å². The number of hydrogen-bond acceptors (Lipinski definition) is 5. The molecule has 4 rings (SSSR count). The van der Waals surface area contributed by atoms with Gasteiger partial charge in [0, 0.05) is 24.7 Å². The molecule has 7 nitrogen and oxygen atoms in total. The van der Waals surface area contributed by atoms with Crippen molar-refractivity contribution in [3.05, 3.63) is 32.7 Å². The number of halogens is 1. The monoisotopic (exact) mass is 376 g/mol. The predicted molar refractivity (Wildman–Crippen MR) is 102 cm³/mol. The van der Waals surface area contributed by atoms with E-state index in [1.807, 2.05) is 18.7 Å². The third-order valence-corrected chi connectivity index (χ3v) is 5.78. The number of fused-ring (bicyclic) bond motifs is 1. The van der Waals surface area contributed by atoms with Crippen molar-refractivity contribution in [3.8, 4) is 5.75 Å². The molecule has 0 spiro atoms. The second kappa shape index (κ2) is 6.09. The van der Waals surface area contributed by atoms with Gasteiger partial charge in [-0.3, -0.25) is 14.3 Å². The van der Waals surface area contributed by atoms with Crippen LogP contribution in [0.15, 0.2) is 15.7 Å². The van der Waals surface area contributed by atoms with Crippen molar-refractivity contribution in [1.82, 2.24) is 9.55 Å². The van der Waals surface area contributed by atoms with Gasteiger partial charge in [0.2, 0.25) is 0 Å². The van der Waals surface area contributed by atoms with E-state index in [4.69, 9.17) is 10.5 Å². The van der Waals surface area contributed by atoms with Crippen LogP contribution in [0.3, 0.4) is 0 Å². The van der Waals surface area contributed by atoms with E-state index in [1.165, 1.54) is 13.2 Å². The summed E-state index contributed by atoms with van der Waals surface area (Å²) in [5.74, 6) is -0.0704. The lowest BCUT2D eigenvalue weighted by molar-refractivity contribution is 0.348. The van der Waals surface area contributed by atoms with Gasteiger partial charge in [0.05, 0.1) is 12.5 Å². The summed E-state index contributed by atoms with van der Waals surface area (Å²) in [5.41, 5.74) is 5.48. The highest BCUT2D eigenvalue weighted by atomic mass is 19.1. The van der Waals surface area contributed by atoms with E-state index in [0.29, 0.717) is 24.3 Å². The van der Waals surface area contributed by atoms with E-state index in [1.54, 1.807) is 4.57 Å². The summed E-state index contributed by atoms with van der Waals surface area (Å²) >= 11 is 0. The SMILES string of the molecule is COc1c(N2CC[C@@H](C(C)(C)N)C2)c(F)cc2c(=O)[nH]c(=O)n(C3CC3)c12. The number of nitrogens with two attached hydrogens (primary N) is 1. The van der Waals surface area contributed by atoms with Gasteiger partial charge in [0.25, 0.3) is 5.56 Å². The summed E-state index contributed by atoms with van der Waals surface area (Å²) in [7, 11) is 1.45. The number of H-pyrrole nitrogens is 1. The summed E-state index contributed by atoms with van der Waals surface area (Å²) in [5, 5.41) is 0.134. The summed E-state index contributed by atoms with van der Waals surface area (Å²) in [6, 6.07) is 1.23. The van der Waals surface area contributed by atoms with Gasteiger partial charge in [0.1, 0.15) is 11.2 Å². The third-order valence-electron chi connectivity index (χ3n) is 5.78. The van der Waals surface area contributed by atoms with Crippen LogP contribution in [0.4, 0.5) is 10.1 Å². The first kappa shape index (κ1) is 18.0. The average Bonchev–Trinajstić information content (AvgIpc) is 3.28. The minimum absolute atomic E-state index is 0.0124. The fraction of sp³-hybridized carbons (Fsp3) is 0.579. The second-order valence-corrected chi connectivity index (χ2v) is 8.25. The van der Waals surface area contributed by atoms with Crippen molar-refractivity contribution in [3.63, 3.8) is 0 Å². The Morgan fingerprint density at radius 3 is 2.56 bits per heavy atom. The van der Waals surface area contributed by atoms with Crippen molar-refractivity contribution < 1.29 is 9.13 Å². The van der Waals surface area contributed by atoms with Crippen molar-refractivity contribution in [2.45, 2.75) is 44.7 Å². The van der Waals surface area contributed by atoms with Crippen LogP contribution in [-0.4, -0.2) is 35.3 Å². The third kappa shape index (κ3) is 2.92. The first-order chi connectivity index (χ1) is 12.7. The number of anilines is 1. The predicted octanol–water partition coefficient (Wildman–Crippen LogP) is 1.74. The zero-order valence-corrected chi connectivity index (χ0v) is 15.8. The Balaban J connectivity index is 1.95. The van der Waals surface area contributed by atoms with Gasteiger partial charge in [0.15, 0.2) is 11.6 Å². The van der Waals surface area contributed by atoms with Crippen molar-refractivity contribution in [1.29, 1.82) is 0 Å². The highest BCUT2D eigenvalue weighted by molar-refractivity contribution is 5.91. The number of aromatic nitrogens is 2. The van der Waals surface area contributed by atoms with Gasteiger partial charge in [-0.15, -0.1) is 0 Å². The zero-order valence-electron chi connectivity index (χ0n) is 15.8. The molecule has 2 aliphatic rings. The number of nitrogens with zero attached hydrogens (tertiary/aromatic N) is 2. The lowest BCUT2D eigenvalue weighted by Gasteiger charge is -2.28. The molecule has 0 unspecified atom stereocenters. The standard InChI is InChI=1S/C19H25FN4O3/c1-19(2,21)10-6-7-23(9-10)15-13(20)8-12-14(16(15)27-3)24(11-4-5-11)18(26)22-17(12)25/h8,10-11H,4-7,9,21H2,1-3H3,(H,22,25,26)/t10-/m1/s1. The summed E-state index contributed by atoms with van der Waals surface area (Å²) in [4.78, 5) is 29.0. The van der Waals surface area contributed by atoms with E-state index < -0.39 is 17.1 Å². The van der Waals surface area contributed by atoms with Gasteiger partial charge in [-0.1, -0.05) is 0 Å². The molecule has 0 radical (unpaired) electrons. The molecular formula is C19H25FN4O3. The lowest BCUT2D eigenvalue weighted by Crippen LogP contribution is -2.42. The van der Waals surface area contributed by atoms with E-state index in [-0.39, 0.29) is 28.6 Å². The van der Waals surface area contributed by atoms with Gasteiger partial charge >= 0.3 is 5.69 Å². The van der Waals surface area contributed by atoms with Crippen LogP contribution in [0, 0.1) is 11.7 Å². The second-order valence-electron chi connectivity index (χ2n) is 8.25. The average molecular weight is 376 g/mol. The number of hydrogen-bond donors (Lipinski definition) is 2. The summed E-state index contributed by atoms with van der Waals surface area (Å²) < 4.78 is 22.2. The first-order valence-electron chi connectivity index (χ1n) is 9.31. The molecule has 2 fully saturated rings. The molecular weight excluding hydrogens is 351 g/mol. The highest BCUT2D eigenvalue weighted by Crippen LogP contribution is 2.43. The van der Waals surface area contributed by atoms with Crippen LogP contribution in [0.25, 0.3) is 10.9 Å². The zero-order chi connectivity index (χ0) is 19.5. The Labute approximate surface area is 155 Å². The van der Waals surface area contributed by atoms with E-state index in [2.05, 4.69) is 4.98 Å². The van der Waals surface area contributed by atoms with E-state index in [0.717, 1.165) is 19.3 Å². The molecule has 146 valence electrons. The van der Waals surface area contributed by atoms with Gasteiger partial charge < -0.3 is 15.4 Å². The van der Waals surface area contributed by atoms with Crippen molar-refractivity contribution >= 4 is 16.6 Å². The molecule has 2 heterocycles. The van der Waals surface area contributed by atoms with E-state index >= 15 is 4.39 Å². The maximum atomic E-state index is 15.1. The minimum Gasteiger partial charge on any atom is -0.492 e. The van der Waals surface area contributed by atoms with Crippen molar-refractivity contribution in [2.75, 3.05) is 25.1 Å². The number of benzene rings is 1. The van der Waals surface area contributed by atoms with Crippen LogP contribution < -0.4 is 26.6 Å². The minimum atomic E-state index is -0.599. The molecule has 1 aromatic heterocycles. The van der Waals surface area contributed by atoms with Crippen molar-refractivity contribution in [2.24, 2.45) is 11.7 Å². The fourth-order valence-corrected chi connectivity index (χ4v) is 4.08. The normalized spacial score (nSPS) is 20.5. The maximum Gasteiger partial charge on any atom is 0.329 e. The molecule has 1 atom stereocenters. The quantitative estimate of drug-likeness (QED) is 0.848. The number of methoxy groups -OCH3 is 1. The number of ether oxygens (including phenoxy) is 1. The Morgan fingerprint density at radius 1 is 1.30 bits per heavy atom. The molecule has 3 N–H and O–H groups in total. The van der Waals surface area contributed by atoms with Gasteiger partial charge in [-0.05, 0) is 45.1 Å². The molecule has 0 amide bonds. The fourth-order valence-electron chi connectivity index (χ4n) is 4.08. The van der Waals surface area contributed by atoms with Crippen LogP contribution in [0.5, 0.6) is 5.75 Å². The summed E-state index contributed by atoms with van der Waals surface area (Å²) in [6.45, 7) is 5.18. The molecule has 27 heavy (non-hydrogen) atoms. The van der Waals surface area contributed by atoms with Gasteiger partial charge in [-0.2, -0.15) is 0 Å². The maximum absolute atomic E-state index is 15.1. The molecule has 1 aliphatic carbocycles. The topological polar surface area (TPSA) is 93.3 Å². The largest absolute Gasteiger partial charge is 0.492 e. The molecule has 1 aromatic carbocycles. The Bertz CT molecular complexity index is 1020. The smallest absolute Gasteiger partial charge is 0.329 e. The van der Waals surface area contributed by atoms with Crippen LogP contribution in [0.1, 0.15) is 39.2 Å². The lowest BCUT2D eigenvalue weighted by atomic mass is 9.88. The van der Waals surface area contributed by atoms with Crippen LogP contribution in [0.2, 0.25) is 0 Å². The summed E-state index contributed by atoms with van der Waals surface area (Å²) in [6.07, 6.45) is 2.54.